The van der Waals surface area contributed by atoms with E-state index in [1.165, 1.54) is 5.56 Å². The molecule has 0 aliphatic heterocycles. The Bertz CT molecular complexity index is 615. The Hall–Kier alpha value is -2.03. The van der Waals surface area contributed by atoms with Crippen molar-refractivity contribution in [1.29, 1.82) is 0 Å². The minimum absolute atomic E-state index is 0.0537. The van der Waals surface area contributed by atoms with Gasteiger partial charge >= 0.3 is 0 Å². The number of aromatic nitrogens is 1. The second-order valence-electron chi connectivity index (χ2n) is 5.31. The molecule has 1 heterocycles. The van der Waals surface area contributed by atoms with Crippen LogP contribution < -0.4 is 10.9 Å². The zero-order chi connectivity index (χ0) is 14.5. The molecule has 1 aromatic carbocycles. The lowest BCUT2D eigenvalue weighted by Crippen LogP contribution is -2.25. The van der Waals surface area contributed by atoms with Crippen LogP contribution in [0.15, 0.2) is 47.4 Å². The van der Waals surface area contributed by atoms with E-state index in [-0.39, 0.29) is 11.6 Å². The summed E-state index contributed by atoms with van der Waals surface area (Å²) >= 11 is 0. The molecule has 0 unspecified atom stereocenters. The molecule has 2 aromatic rings. The zero-order valence-electron chi connectivity index (χ0n) is 12.4. The molecule has 0 atom stereocenters. The highest BCUT2D eigenvalue weighted by Gasteiger charge is 2.07. The molecule has 0 radical (unpaired) electrons. The minimum Gasteiger partial charge on any atom is -0.378 e. The summed E-state index contributed by atoms with van der Waals surface area (Å²) in [6.07, 6.45) is 2.80. The summed E-state index contributed by atoms with van der Waals surface area (Å²) in [6.45, 7) is 6.76. The number of hydrogen-bond donors (Lipinski definition) is 1. The number of benzene rings is 1. The van der Waals surface area contributed by atoms with Gasteiger partial charge in [0.25, 0.3) is 5.56 Å². The van der Waals surface area contributed by atoms with Gasteiger partial charge in [0.15, 0.2) is 0 Å². The third kappa shape index (κ3) is 3.50. The SMILES string of the molecule is CCn1cc(Cc2ccccc2)cc(NC(C)C)c1=O. The van der Waals surface area contributed by atoms with E-state index in [4.69, 9.17) is 0 Å². The van der Waals surface area contributed by atoms with Gasteiger partial charge in [0, 0.05) is 18.8 Å². The first kappa shape index (κ1) is 14.4. The van der Waals surface area contributed by atoms with Crippen molar-refractivity contribution >= 4 is 5.69 Å². The molecule has 0 aliphatic carbocycles. The second-order valence-corrected chi connectivity index (χ2v) is 5.31. The summed E-state index contributed by atoms with van der Waals surface area (Å²) < 4.78 is 1.77. The van der Waals surface area contributed by atoms with Crippen molar-refractivity contribution in [3.63, 3.8) is 0 Å². The van der Waals surface area contributed by atoms with Crippen molar-refractivity contribution in [2.75, 3.05) is 5.32 Å². The number of aryl methyl sites for hydroxylation is 1. The fourth-order valence-electron chi connectivity index (χ4n) is 2.28. The molecule has 106 valence electrons. The third-order valence-electron chi connectivity index (χ3n) is 3.18. The average Bonchev–Trinajstić information content (AvgIpc) is 2.43. The van der Waals surface area contributed by atoms with Gasteiger partial charge in [0.05, 0.1) is 0 Å². The summed E-state index contributed by atoms with van der Waals surface area (Å²) in [4.78, 5) is 12.2. The lowest BCUT2D eigenvalue weighted by molar-refractivity contribution is 0.718. The first-order chi connectivity index (χ1) is 9.60. The molecular weight excluding hydrogens is 248 g/mol. The van der Waals surface area contributed by atoms with E-state index in [1.807, 2.05) is 51.2 Å². The molecule has 0 saturated carbocycles. The molecule has 0 fully saturated rings. The summed E-state index contributed by atoms with van der Waals surface area (Å²) in [5, 5.41) is 3.24. The first-order valence-electron chi connectivity index (χ1n) is 7.14. The van der Waals surface area contributed by atoms with Gasteiger partial charge in [-0.2, -0.15) is 0 Å². The van der Waals surface area contributed by atoms with Crippen LogP contribution in [0.5, 0.6) is 0 Å². The lowest BCUT2D eigenvalue weighted by atomic mass is 10.1. The molecule has 3 nitrogen and oxygen atoms in total. The quantitative estimate of drug-likeness (QED) is 0.904. The number of nitrogens with one attached hydrogen (secondary N) is 1. The van der Waals surface area contributed by atoms with E-state index in [2.05, 4.69) is 17.4 Å². The van der Waals surface area contributed by atoms with Crippen LogP contribution in [0.3, 0.4) is 0 Å². The van der Waals surface area contributed by atoms with E-state index < -0.39 is 0 Å². The van der Waals surface area contributed by atoms with Crippen molar-refractivity contribution in [3.05, 3.63) is 64.1 Å². The average molecular weight is 270 g/mol. The van der Waals surface area contributed by atoms with Crippen LogP contribution in [-0.2, 0) is 13.0 Å². The maximum atomic E-state index is 12.2. The predicted octanol–water partition coefficient (Wildman–Crippen LogP) is 3.28. The molecule has 0 amide bonds. The van der Waals surface area contributed by atoms with Gasteiger partial charge in [-0.05, 0) is 44.4 Å². The van der Waals surface area contributed by atoms with Crippen LogP contribution in [0.1, 0.15) is 31.9 Å². The first-order valence-corrected chi connectivity index (χ1v) is 7.14. The van der Waals surface area contributed by atoms with Crippen LogP contribution in [0, 0.1) is 0 Å². The van der Waals surface area contributed by atoms with E-state index >= 15 is 0 Å². The molecular formula is C17H22N2O. The van der Waals surface area contributed by atoms with Gasteiger partial charge in [0.2, 0.25) is 0 Å². The maximum Gasteiger partial charge on any atom is 0.273 e. The summed E-state index contributed by atoms with van der Waals surface area (Å²) in [7, 11) is 0. The number of pyridine rings is 1. The highest BCUT2D eigenvalue weighted by atomic mass is 16.1. The summed E-state index contributed by atoms with van der Waals surface area (Å²) in [5.74, 6) is 0. The van der Waals surface area contributed by atoms with E-state index in [0.29, 0.717) is 12.2 Å². The molecule has 0 spiro atoms. The van der Waals surface area contributed by atoms with E-state index in [0.717, 1.165) is 12.0 Å². The Morgan fingerprint density at radius 3 is 2.45 bits per heavy atom. The van der Waals surface area contributed by atoms with Gasteiger partial charge < -0.3 is 9.88 Å². The number of nitrogens with zero attached hydrogens (tertiary/aromatic N) is 1. The Kier molecular flexibility index (Phi) is 4.61. The van der Waals surface area contributed by atoms with Gasteiger partial charge in [0.1, 0.15) is 5.69 Å². The largest absolute Gasteiger partial charge is 0.378 e. The fourth-order valence-corrected chi connectivity index (χ4v) is 2.28. The van der Waals surface area contributed by atoms with E-state index in [9.17, 15) is 4.79 Å². The monoisotopic (exact) mass is 270 g/mol. The van der Waals surface area contributed by atoms with Crippen molar-refractivity contribution < 1.29 is 0 Å². The van der Waals surface area contributed by atoms with Crippen LogP contribution >= 0.6 is 0 Å². The topological polar surface area (TPSA) is 34.0 Å². The van der Waals surface area contributed by atoms with Crippen LogP contribution in [0.2, 0.25) is 0 Å². The Morgan fingerprint density at radius 1 is 1.15 bits per heavy atom. The van der Waals surface area contributed by atoms with Crippen molar-refractivity contribution in [1.82, 2.24) is 4.57 Å². The maximum absolute atomic E-state index is 12.2. The number of hydrogen-bond acceptors (Lipinski definition) is 2. The number of rotatable bonds is 5. The van der Waals surface area contributed by atoms with E-state index in [1.54, 1.807) is 4.57 Å². The molecule has 0 bridgehead atoms. The highest BCUT2D eigenvalue weighted by molar-refractivity contribution is 5.45. The Balaban J connectivity index is 2.36. The second kappa shape index (κ2) is 6.42. The zero-order valence-corrected chi connectivity index (χ0v) is 12.4. The molecule has 0 aliphatic rings. The summed E-state index contributed by atoms with van der Waals surface area (Å²) in [5.41, 5.74) is 3.15. The van der Waals surface area contributed by atoms with Gasteiger partial charge in [-0.25, -0.2) is 0 Å². The number of anilines is 1. The van der Waals surface area contributed by atoms with Crippen molar-refractivity contribution in [2.24, 2.45) is 0 Å². The molecule has 0 saturated heterocycles. The molecule has 1 aromatic heterocycles. The van der Waals surface area contributed by atoms with Gasteiger partial charge in [-0.15, -0.1) is 0 Å². The lowest BCUT2D eigenvalue weighted by Gasteiger charge is -2.14. The smallest absolute Gasteiger partial charge is 0.273 e. The highest BCUT2D eigenvalue weighted by Crippen LogP contribution is 2.12. The van der Waals surface area contributed by atoms with Gasteiger partial charge in [-0.1, -0.05) is 30.3 Å². The minimum atomic E-state index is 0.0537. The standard InChI is InChI=1S/C17H22N2O/c1-4-19-12-15(10-14-8-6-5-7-9-14)11-16(17(19)20)18-13(2)3/h5-9,11-13,18H,4,10H2,1-3H3. The van der Waals surface area contributed by atoms with Crippen molar-refractivity contribution in [3.8, 4) is 0 Å². The normalized spacial score (nSPS) is 10.8. The molecule has 3 heteroatoms. The molecule has 1 N–H and O–H groups in total. The predicted molar refractivity (Wildman–Crippen MR) is 84.4 cm³/mol. The Labute approximate surface area is 120 Å². The van der Waals surface area contributed by atoms with Crippen LogP contribution in [-0.4, -0.2) is 10.6 Å². The summed E-state index contributed by atoms with van der Waals surface area (Å²) in [6, 6.07) is 12.5. The fraction of sp³-hybridized carbons (Fsp3) is 0.353. The van der Waals surface area contributed by atoms with Crippen molar-refractivity contribution in [2.45, 2.75) is 39.8 Å². The third-order valence-corrected chi connectivity index (χ3v) is 3.18. The Morgan fingerprint density at radius 2 is 1.85 bits per heavy atom. The van der Waals surface area contributed by atoms with Gasteiger partial charge in [-0.3, -0.25) is 4.79 Å². The van der Waals surface area contributed by atoms with Crippen LogP contribution in [0.4, 0.5) is 5.69 Å². The van der Waals surface area contributed by atoms with Crippen LogP contribution in [0.25, 0.3) is 0 Å². The molecule has 20 heavy (non-hydrogen) atoms. The molecule has 2 rings (SSSR count).